The molecular weight excluding hydrogens is 405 g/mol. The van der Waals surface area contributed by atoms with Crippen molar-refractivity contribution in [3.63, 3.8) is 0 Å². The summed E-state index contributed by atoms with van der Waals surface area (Å²) in [5.74, 6) is 1.13. The molecule has 8 nitrogen and oxygen atoms in total. The van der Waals surface area contributed by atoms with Gasteiger partial charge in [0.15, 0.2) is 11.5 Å². The number of anilines is 1. The molecule has 9 heteroatoms. The standard InChI is InChI=1S/C22H18FN3O5/c1-3-10-31-18-9-8-14(12-19(18)30-2)11-17-21(28)26(22(29)25-17)13-20(27)24-16-7-5-4-6-15(16)23/h1,4-9,11-12H,10,13H2,2H3,(H,24,27)(H,25,29)/b17-11+. The third kappa shape index (κ3) is 5.00. The molecular formula is C22H18FN3O5. The number of hydrogen-bond acceptors (Lipinski definition) is 5. The summed E-state index contributed by atoms with van der Waals surface area (Å²) in [7, 11) is 1.45. The van der Waals surface area contributed by atoms with Crippen molar-refractivity contribution in [2.45, 2.75) is 0 Å². The van der Waals surface area contributed by atoms with Gasteiger partial charge in [-0.15, -0.1) is 6.42 Å². The zero-order chi connectivity index (χ0) is 22.4. The van der Waals surface area contributed by atoms with E-state index in [2.05, 4.69) is 16.6 Å². The van der Waals surface area contributed by atoms with E-state index in [-0.39, 0.29) is 18.0 Å². The average molecular weight is 423 g/mol. The number of para-hydroxylation sites is 1. The lowest BCUT2D eigenvalue weighted by atomic mass is 10.1. The van der Waals surface area contributed by atoms with E-state index in [1.165, 1.54) is 31.4 Å². The number of nitrogens with one attached hydrogen (secondary N) is 2. The minimum absolute atomic E-state index is 0.0250. The van der Waals surface area contributed by atoms with Crippen molar-refractivity contribution in [3.8, 4) is 23.8 Å². The van der Waals surface area contributed by atoms with Gasteiger partial charge in [-0.05, 0) is 35.9 Å². The van der Waals surface area contributed by atoms with Crippen molar-refractivity contribution in [2.75, 3.05) is 25.6 Å². The molecule has 2 N–H and O–H groups in total. The third-order valence-corrected chi connectivity index (χ3v) is 4.22. The van der Waals surface area contributed by atoms with Crippen molar-refractivity contribution in [1.29, 1.82) is 0 Å². The quantitative estimate of drug-likeness (QED) is 0.405. The smallest absolute Gasteiger partial charge is 0.329 e. The monoisotopic (exact) mass is 423 g/mol. The summed E-state index contributed by atoms with van der Waals surface area (Å²) in [6, 6.07) is 9.67. The lowest BCUT2D eigenvalue weighted by Crippen LogP contribution is -2.38. The molecule has 0 aromatic heterocycles. The van der Waals surface area contributed by atoms with E-state index in [9.17, 15) is 18.8 Å². The Morgan fingerprint density at radius 3 is 2.74 bits per heavy atom. The summed E-state index contributed by atoms with van der Waals surface area (Å²) in [4.78, 5) is 37.6. The molecule has 0 aliphatic carbocycles. The molecule has 2 aromatic rings. The summed E-state index contributed by atoms with van der Waals surface area (Å²) < 4.78 is 24.3. The topological polar surface area (TPSA) is 97.0 Å². The fourth-order valence-corrected chi connectivity index (χ4v) is 2.79. The minimum atomic E-state index is -0.763. The molecule has 0 spiro atoms. The molecule has 0 bridgehead atoms. The van der Waals surface area contributed by atoms with Gasteiger partial charge in [-0.3, -0.25) is 9.59 Å². The molecule has 0 atom stereocenters. The van der Waals surface area contributed by atoms with Crippen LogP contribution in [0.2, 0.25) is 0 Å². The first kappa shape index (κ1) is 21.4. The first-order chi connectivity index (χ1) is 14.9. The van der Waals surface area contributed by atoms with Gasteiger partial charge in [0.25, 0.3) is 5.91 Å². The average Bonchev–Trinajstić information content (AvgIpc) is 3.01. The number of rotatable bonds is 7. The first-order valence-corrected chi connectivity index (χ1v) is 9.06. The van der Waals surface area contributed by atoms with Crippen LogP contribution in [-0.4, -0.2) is 43.0 Å². The highest BCUT2D eigenvalue weighted by Gasteiger charge is 2.35. The highest BCUT2D eigenvalue weighted by molar-refractivity contribution is 6.15. The zero-order valence-corrected chi connectivity index (χ0v) is 16.5. The lowest BCUT2D eigenvalue weighted by molar-refractivity contribution is -0.127. The predicted molar refractivity (Wildman–Crippen MR) is 111 cm³/mol. The van der Waals surface area contributed by atoms with Crippen LogP contribution in [0, 0.1) is 18.2 Å². The van der Waals surface area contributed by atoms with Crippen molar-refractivity contribution in [3.05, 3.63) is 59.5 Å². The van der Waals surface area contributed by atoms with E-state index in [4.69, 9.17) is 15.9 Å². The fourth-order valence-electron chi connectivity index (χ4n) is 2.79. The maximum absolute atomic E-state index is 13.7. The number of terminal acetylenes is 1. The van der Waals surface area contributed by atoms with Gasteiger partial charge in [0.1, 0.15) is 24.7 Å². The van der Waals surface area contributed by atoms with Gasteiger partial charge in [-0.25, -0.2) is 14.1 Å². The Balaban J connectivity index is 1.72. The Labute approximate surface area is 177 Å². The normalized spacial score (nSPS) is 14.2. The number of nitrogens with zero attached hydrogens (tertiary/aromatic N) is 1. The second kappa shape index (κ2) is 9.45. The van der Waals surface area contributed by atoms with E-state index in [1.807, 2.05) is 0 Å². The largest absolute Gasteiger partial charge is 0.493 e. The van der Waals surface area contributed by atoms with Gasteiger partial charge in [0.2, 0.25) is 5.91 Å². The number of carbonyl (C=O) groups excluding carboxylic acids is 3. The van der Waals surface area contributed by atoms with Crippen molar-refractivity contribution in [2.24, 2.45) is 0 Å². The molecule has 1 aliphatic heterocycles. The van der Waals surface area contributed by atoms with E-state index in [0.29, 0.717) is 17.1 Å². The van der Waals surface area contributed by atoms with Crippen molar-refractivity contribution >= 4 is 29.6 Å². The number of benzene rings is 2. The molecule has 1 aliphatic rings. The molecule has 1 saturated heterocycles. The van der Waals surface area contributed by atoms with Crippen LogP contribution in [0.15, 0.2) is 48.2 Å². The number of urea groups is 1. The maximum Gasteiger partial charge on any atom is 0.329 e. The molecule has 0 unspecified atom stereocenters. The van der Waals surface area contributed by atoms with Gasteiger partial charge >= 0.3 is 6.03 Å². The summed E-state index contributed by atoms with van der Waals surface area (Å²) in [5, 5.41) is 4.74. The first-order valence-electron chi connectivity index (χ1n) is 9.06. The number of ether oxygens (including phenoxy) is 2. The summed E-state index contributed by atoms with van der Waals surface area (Å²) >= 11 is 0. The Bertz CT molecular complexity index is 1110. The number of halogens is 1. The van der Waals surface area contributed by atoms with Gasteiger partial charge < -0.3 is 20.1 Å². The number of amides is 4. The van der Waals surface area contributed by atoms with Crippen LogP contribution >= 0.6 is 0 Å². The van der Waals surface area contributed by atoms with E-state index >= 15 is 0 Å². The van der Waals surface area contributed by atoms with Crippen molar-refractivity contribution in [1.82, 2.24) is 10.2 Å². The van der Waals surface area contributed by atoms with Gasteiger partial charge in [0.05, 0.1) is 12.8 Å². The number of hydrogen-bond donors (Lipinski definition) is 2. The third-order valence-electron chi connectivity index (χ3n) is 4.22. The summed E-state index contributed by atoms with van der Waals surface area (Å²) in [5.41, 5.74) is 0.476. The van der Waals surface area contributed by atoms with Gasteiger partial charge in [0, 0.05) is 0 Å². The zero-order valence-electron chi connectivity index (χ0n) is 16.5. The second-order valence-electron chi connectivity index (χ2n) is 6.31. The fraction of sp³-hybridized carbons (Fsp3) is 0.136. The van der Waals surface area contributed by atoms with Crippen LogP contribution < -0.4 is 20.1 Å². The second-order valence-corrected chi connectivity index (χ2v) is 6.31. The molecule has 4 amide bonds. The van der Waals surface area contributed by atoms with Crippen LogP contribution in [0.4, 0.5) is 14.9 Å². The number of methoxy groups -OCH3 is 1. The van der Waals surface area contributed by atoms with Crippen LogP contribution in [-0.2, 0) is 9.59 Å². The Kier molecular flexibility index (Phi) is 6.52. The molecule has 1 fully saturated rings. The molecule has 1 heterocycles. The van der Waals surface area contributed by atoms with E-state index in [1.54, 1.807) is 24.3 Å². The molecule has 31 heavy (non-hydrogen) atoms. The Morgan fingerprint density at radius 1 is 1.26 bits per heavy atom. The van der Waals surface area contributed by atoms with Gasteiger partial charge in [-0.1, -0.05) is 24.1 Å². The van der Waals surface area contributed by atoms with Gasteiger partial charge in [-0.2, -0.15) is 0 Å². The maximum atomic E-state index is 13.7. The lowest BCUT2D eigenvalue weighted by Gasteiger charge is -2.12. The Hall–Kier alpha value is -4.32. The van der Waals surface area contributed by atoms with Crippen LogP contribution in [0.5, 0.6) is 11.5 Å². The van der Waals surface area contributed by atoms with Crippen molar-refractivity contribution < 1.29 is 28.2 Å². The van der Waals surface area contributed by atoms with E-state index < -0.39 is 30.2 Å². The molecule has 2 aromatic carbocycles. The number of imide groups is 1. The van der Waals surface area contributed by atoms with Crippen LogP contribution in [0.1, 0.15) is 5.56 Å². The predicted octanol–water partition coefficient (Wildman–Crippen LogP) is 2.38. The molecule has 0 radical (unpaired) electrons. The minimum Gasteiger partial charge on any atom is -0.493 e. The molecule has 3 rings (SSSR count). The highest BCUT2D eigenvalue weighted by Crippen LogP contribution is 2.29. The molecule has 0 saturated carbocycles. The number of carbonyl (C=O) groups is 3. The van der Waals surface area contributed by atoms with Crippen LogP contribution in [0.3, 0.4) is 0 Å². The highest BCUT2D eigenvalue weighted by atomic mass is 19.1. The summed E-state index contributed by atoms with van der Waals surface area (Å²) in [6.07, 6.45) is 6.61. The van der Waals surface area contributed by atoms with E-state index in [0.717, 1.165) is 4.90 Å². The molecule has 158 valence electrons. The summed E-state index contributed by atoms with van der Waals surface area (Å²) in [6.45, 7) is -0.506. The Morgan fingerprint density at radius 2 is 2.03 bits per heavy atom. The SMILES string of the molecule is C#CCOc1ccc(/C=C2/NC(=O)N(CC(=O)Nc3ccccc3F)C2=O)cc1OC. The van der Waals surface area contributed by atoms with Crippen LogP contribution in [0.25, 0.3) is 6.08 Å².